The molecule has 8 saturated carbocycles. The fourth-order valence-corrected chi connectivity index (χ4v) is 9.84. The summed E-state index contributed by atoms with van der Waals surface area (Å²) in [6.07, 6.45) is -25.3. The van der Waals surface area contributed by atoms with Gasteiger partial charge in [0, 0.05) is 13.2 Å². The van der Waals surface area contributed by atoms with Crippen LogP contribution in [0.3, 0.4) is 0 Å². The highest BCUT2D eigenvalue weighted by molar-refractivity contribution is 5.58. The second-order valence-corrected chi connectivity index (χ2v) is 16.5. The molecule has 69 heavy (non-hydrogen) atoms. The number of aliphatic hydroxyl groups is 2. The maximum atomic E-state index is 15.9. The monoisotopic (exact) mass is 1100 g/mol. The van der Waals surface area contributed by atoms with Crippen molar-refractivity contribution in [1.82, 2.24) is 0 Å². The fourth-order valence-electron chi connectivity index (χ4n) is 9.84. The van der Waals surface area contributed by atoms with Crippen molar-refractivity contribution in [2.24, 2.45) is 0 Å². The second kappa shape index (κ2) is 13.0. The molecule has 0 radical (unpaired) electrons. The summed E-state index contributed by atoms with van der Waals surface area (Å²) >= 11 is 0. The van der Waals surface area contributed by atoms with E-state index in [4.69, 9.17) is 0 Å². The first-order chi connectivity index (χ1) is 30.0. The minimum atomic E-state index is -8.60. The number of rotatable bonds is 14. The molecule has 8 fully saturated rings. The lowest BCUT2D eigenvalue weighted by Gasteiger charge is -2.75. The number of aliphatic hydroxyl groups excluding tert-OH is 2. The van der Waals surface area contributed by atoms with E-state index in [-0.39, 0.29) is 0 Å². The highest BCUT2D eigenvalue weighted by Crippen LogP contribution is 2.92. The van der Waals surface area contributed by atoms with Crippen LogP contribution in [0.2, 0.25) is 0 Å². The first-order valence-corrected chi connectivity index (χ1v) is 17.6. The van der Waals surface area contributed by atoms with Gasteiger partial charge in [-0.1, -0.05) is 0 Å². The molecule has 2 N–H and O–H groups in total. The van der Waals surface area contributed by atoms with Gasteiger partial charge in [0.25, 0.3) is 34.0 Å². The molecule has 5 nitrogen and oxygen atoms in total. The standard InChI is InChI=1S/C30H16F34O5/c31-9(11(33)19(41,42)15(37)21(45,46)12(9,34)22(47,48)16(38,20(11,43)44)27(15,57)58)29(61,62)68-5-7(65)1-3-67-4-2-8(66)6-69-30(63,64)10(32)13(35)23(49,50)17(39)25(53,54)14(10,36)26(55,56)18(40,24(13,51)52)28(17,59)60/h7-8,65-66H,1-6H2. The summed E-state index contributed by atoms with van der Waals surface area (Å²) < 4.78 is 519. The molecule has 8 aliphatic carbocycles. The molecular weight excluding hydrogens is 1090 g/mol. The van der Waals surface area contributed by atoms with Gasteiger partial charge in [0.1, 0.15) is 0 Å². The Morgan fingerprint density at radius 2 is 0.449 bits per heavy atom. The van der Waals surface area contributed by atoms with Crippen LogP contribution in [-0.4, -0.2) is 177 Å². The molecule has 0 saturated heterocycles. The highest BCUT2D eigenvalue weighted by Gasteiger charge is 3.26. The number of ether oxygens (including phenoxy) is 3. The van der Waals surface area contributed by atoms with E-state index < -0.39 is 180 Å². The van der Waals surface area contributed by atoms with Crippen LogP contribution >= 0.6 is 0 Å². The van der Waals surface area contributed by atoms with Crippen molar-refractivity contribution in [3.05, 3.63) is 0 Å². The first-order valence-electron chi connectivity index (χ1n) is 17.6. The van der Waals surface area contributed by atoms with Gasteiger partial charge in [-0.25, -0.2) is 43.9 Å². The molecule has 8 aliphatic rings. The zero-order valence-electron chi connectivity index (χ0n) is 31.4. The lowest BCUT2D eigenvalue weighted by atomic mass is 9.37. The van der Waals surface area contributed by atoms with Crippen LogP contribution in [0.25, 0.3) is 0 Å². The molecule has 0 amide bonds. The predicted molar refractivity (Wildman–Crippen MR) is 142 cm³/mol. The van der Waals surface area contributed by atoms with Gasteiger partial charge in [-0.05, 0) is 12.8 Å². The van der Waals surface area contributed by atoms with Gasteiger partial charge < -0.3 is 24.4 Å². The van der Waals surface area contributed by atoms with Crippen LogP contribution in [0.4, 0.5) is 149 Å². The number of alkyl halides is 34. The van der Waals surface area contributed by atoms with Crippen molar-refractivity contribution >= 4 is 0 Å². The Bertz CT molecular complexity index is 1820. The molecule has 2 unspecified atom stereocenters. The van der Waals surface area contributed by atoms with Gasteiger partial charge in [-0.3, -0.25) is 0 Å². The minimum absolute atomic E-state index is 1.52. The molecule has 404 valence electrons. The van der Waals surface area contributed by atoms with Gasteiger partial charge in [-0.15, -0.1) is 0 Å². The summed E-state index contributed by atoms with van der Waals surface area (Å²) in [7, 11) is 0. The van der Waals surface area contributed by atoms with Gasteiger partial charge >= 0.3 is 94.1 Å². The third-order valence-corrected chi connectivity index (χ3v) is 13.5. The SMILES string of the molecule is OC(CCOCCC(O)COC(F)(F)C1(F)C2(F)C(F)(F)C3(F)C(F)(F)C(F)(C2(F)F)C(F)(F)C1(F)C3(F)F)COC(F)(F)C1(F)C2(F)C(F)(F)C3(F)C(F)(F)C(F)(C2(F)F)C(F)(F)C1(F)C3(F)F. The minimum Gasteiger partial charge on any atom is -0.391 e. The van der Waals surface area contributed by atoms with E-state index in [1.165, 1.54) is 0 Å². The van der Waals surface area contributed by atoms with Gasteiger partial charge in [0.15, 0.2) is 0 Å². The van der Waals surface area contributed by atoms with E-state index in [0.717, 1.165) is 0 Å². The van der Waals surface area contributed by atoms with Gasteiger partial charge in [0.2, 0.25) is 0 Å². The van der Waals surface area contributed by atoms with E-state index in [1.807, 2.05) is 0 Å². The summed E-state index contributed by atoms with van der Waals surface area (Å²) in [6, 6.07) is 0. The van der Waals surface area contributed by atoms with Crippen LogP contribution in [0.15, 0.2) is 0 Å². The molecule has 2 atom stereocenters. The lowest BCUT2D eigenvalue weighted by Crippen LogP contribution is -3.10. The molecule has 0 aromatic heterocycles. The third kappa shape index (κ3) is 4.16. The summed E-state index contributed by atoms with van der Waals surface area (Å²) in [4.78, 5) is 0. The molecule has 8 bridgehead atoms. The Morgan fingerprint density at radius 1 is 0.290 bits per heavy atom. The van der Waals surface area contributed by atoms with Crippen molar-refractivity contribution in [3.8, 4) is 0 Å². The average molecular weight is 1100 g/mol. The second-order valence-electron chi connectivity index (χ2n) is 16.5. The summed E-state index contributed by atoms with van der Waals surface area (Å²) in [5.41, 5.74) is -85.1. The number of hydrogen-bond donors (Lipinski definition) is 2. The first kappa shape index (κ1) is 55.7. The van der Waals surface area contributed by atoms with Crippen LogP contribution in [0.5, 0.6) is 0 Å². The molecule has 0 aromatic rings. The Labute approximate surface area is 354 Å². The van der Waals surface area contributed by atoms with E-state index in [9.17, 15) is 116 Å². The fraction of sp³-hybridized carbons (Fsp3) is 1.00. The van der Waals surface area contributed by atoms with Crippen LogP contribution in [-0.2, 0) is 14.2 Å². The molecular formula is C30H16F34O5. The van der Waals surface area contributed by atoms with Crippen molar-refractivity contribution < 1.29 is 174 Å². The average Bonchev–Trinajstić information content (AvgIpc) is 3.20. The topological polar surface area (TPSA) is 68.2 Å². The molecule has 39 heteroatoms. The van der Waals surface area contributed by atoms with Crippen molar-refractivity contribution in [2.45, 2.75) is 153 Å². The summed E-state index contributed by atoms with van der Waals surface area (Å²) in [5.74, 6) is -85.4. The summed E-state index contributed by atoms with van der Waals surface area (Å²) in [5, 5.41) is 19.4. The molecule has 0 aliphatic heterocycles. The highest BCUT2D eigenvalue weighted by atomic mass is 19.4. The van der Waals surface area contributed by atoms with Crippen molar-refractivity contribution in [3.63, 3.8) is 0 Å². The zero-order chi connectivity index (χ0) is 54.5. The number of halogens is 34. The third-order valence-electron chi connectivity index (χ3n) is 13.5. The maximum absolute atomic E-state index is 15.9. The van der Waals surface area contributed by atoms with E-state index >= 15 is 43.9 Å². The van der Waals surface area contributed by atoms with E-state index in [2.05, 4.69) is 14.2 Å². The molecule has 0 spiro atoms. The summed E-state index contributed by atoms with van der Waals surface area (Å²) in [6.45, 7) is -8.78. The van der Waals surface area contributed by atoms with Crippen molar-refractivity contribution in [1.29, 1.82) is 0 Å². The Balaban J connectivity index is 1.14. The molecule has 8 rings (SSSR count). The number of hydrogen-bond acceptors (Lipinski definition) is 5. The van der Waals surface area contributed by atoms with Crippen LogP contribution in [0, 0.1) is 0 Å². The zero-order valence-corrected chi connectivity index (χ0v) is 31.4. The lowest BCUT2D eigenvalue weighted by molar-refractivity contribution is -0.614. The Kier molecular flexibility index (Phi) is 10.5. The maximum Gasteiger partial charge on any atom is 0.397 e. The molecule has 0 heterocycles. The quantitative estimate of drug-likeness (QED) is 0.134. The van der Waals surface area contributed by atoms with Gasteiger partial charge in [0.05, 0.1) is 25.4 Å². The predicted octanol–water partition coefficient (Wildman–Crippen LogP) is 9.24. The van der Waals surface area contributed by atoms with E-state index in [0.29, 0.717) is 0 Å². The van der Waals surface area contributed by atoms with Crippen molar-refractivity contribution in [2.75, 3.05) is 26.4 Å². The smallest absolute Gasteiger partial charge is 0.391 e. The Morgan fingerprint density at radius 3 is 0.623 bits per heavy atom. The largest absolute Gasteiger partial charge is 0.397 e. The Hall–Kier alpha value is -2.58. The molecule has 0 aromatic carbocycles. The van der Waals surface area contributed by atoms with Crippen LogP contribution in [0.1, 0.15) is 12.8 Å². The van der Waals surface area contributed by atoms with E-state index in [1.54, 1.807) is 0 Å². The van der Waals surface area contributed by atoms with Crippen LogP contribution < -0.4 is 0 Å². The normalized spacial score (nSPS) is 47.8. The van der Waals surface area contributed by atoms with Gasteiger partial charge in [-0.2, -0.15) is 105 Å².